The van der Waals surface area contributed by atoms with Crippen molar-refractivity contribution in [1.82, 2.24) is 9.36 Å². The number of nitrogens with zero attached hydrogens (tertiary/aromatic N) is 2. The van der Waals surface area contributed by atoms with Crippen molar-refractivity contribution in [2.24, 2.45) is 7.05 Å². The fourth-order valence-electron chi connectivity index (χ4n) is 1.04. The molecule has 0 amide bonds. The molecule has 1 aromatic rings. The topological polar surface area (TPSA) is 99.2 Å². The summed E-state index contributed by atoms with van der Waals surface area (Å²) in [6.07, 6.45) is 0. The third-order valence-electron chi connectivity index (χ3n) is 1.76. The van der Waals surface area contributed by atoms with Crippen LogP contribution in [0.5, 0.6) is 0 Å². The summed E-state index contributed by atoms with van der Waals surface area (Å²) in [5, 5.41) is 8.61. The lowest BCUT2D eigenvalue weighted by atomic mass is 10.5. The Morgan fingerprint density at radius 3 is 2.42 bits per heavy atom. The van der Waals surface area contributed by atoms with Crippen LogP contribution in [-0.4, -0.2) is 21.1 Å². The summed E-state index contributed by atoms with van der Waals surface area (Å²) in [4.78, 5) is 11.2. The third kappa shape index (κ3) is 1.06. The van der Waals surface area contributed by atoms with Crippen molar-refractivity contribution in [2.75, 3.05) is 18.1 Å². The summed E-state index contributed by atoms with van der Waals surface area (Å²) >= 11 is 0. The standard InChI is InChI=1S/C6H12N4O2/c1-9-5(8)4(7)6(12)10(9)2-3-11/h11H,2-3,7-8H2,1H3. The molecule has 5 N–H and O–H groups in total. The number of nitrogen functional groups attached to an aromatic ring is 2. The number of anilines is 2. The van der Waals surface area contributed by atoms with E-state index in [2.05, 4.69) is 0 Å². The number of hydrogen-bond acceptors (Lipinski definition) is 4. The second kappa shape index (κ2) is 2.90. The fraction of sp³-hybridized carbons (Fsp3) is 0.500. The van der Waals surface area contributed by atoms with Crippen molar-refractivity contribution >= 4 is 11.5 Å². The monoisotopic (exact) mass is 172 g/mol. The van der Waals surface area contributed by atoms with Crippen LogP contribution in [0.2, 0.25) is 0 Å². The molecule has 0 radical (unpaired) electrons. The molecule has 0 fully saturated rings. The molecule has 0 saturated heterocycles. The summed E-state index contributed by atoms with van der Waals surface area (Å²) < 4.78 is 2.71. The average molecular weight is 172 g/mol. The van der Waals surface area contributed by atoms with Crippen LogP contribution in [0.1, 0.15) is 0 Å². The average Bonchev–Trinajstić information content (AvgIpc) is 2.23. The summed E-state index contributed by atoms with van der Waals surface area (Å²) in [7, 11) is 1.61. The Bertz CT molecular complexity index is 338. The second-order valence-corrected chi connectivity index (χ2v) is 2.47. The van der Waals surface area contributed by atoms with Gasteiger partial charge >= 0.3 is 0 Å². The summed E-state index contributed by atoms with van der Waals surface area (Å²) in [5.74, 6) is 0.230. The molecule has 68 valence electrons. The quantitative estimate of drug-likeness (QED) is 0.497. The van der Waals surface area contributed by atoms with E-state index in [0.717, 1.165) is 0 Å². The molecule has 0 aromatic carbocycles. The van der Waals surface area contributed by atoms with Crippen molar-refractivity contribution in [2.45, 2.75) is 6.54 Å². The molecule has 0 aliphatic heterocycles. The van der Waals surface area contributed by atoms with E-state index in [-0.39, 0.29) is 30.2 Å². The van der Waals surface area contributed by atoms with Gasteiger partial charge in [0.25, 0.3) is 5.56 Å². The first kappa shape index (κ1) is 8.66. The molecule has 6 heteroatoms. The van der Waals surface area contributed by atoms with E-state index < -0.39 is 0 Å². The zero-order chi connectivity index (χ0) is 9.30. The van der Waals surface area contributed by atoms with Gasteiger partial charge in [0.1, 0.15) is 11.5 Å². The molecule has 0 aliphatic carbocycles. The summed E-state index contributed by atoms with van der Waals surface area (Å²) in [6, 6.07) is 0. The van der Waals surface area contributed by atoms with E-state index in [1.54, 1.807) is 7.05 Å². The van der Waals surface area contributed by atoms with Crippen LogP contribution in [0.25, 0.3) is 0 Å². The number of aromatic nitrogens is 2. The van der Waals surface area contributed by atoms with Crippen LogP contribution in [0, 0.1) is 0 Å². The first-order valence-corrected chi connectivity index (χ1v) is 3.51. The molecule has 1 aromatic heterocycles. The fourth-order valence-corrected chi connectivity index (χ4v) is 1.04. The van der Waals surface area contributed by atoms with Crippen molar-refractivity contribution in [3.63, 3.8) is 0 Å². The van der Waals surface area contributed by atoms with E-state index in [0.29, 0.717) is 0 Å². The van der Waals surface area contributed by atoms with Gasteiger partial charge in [-0.3, -0.25) is 9.48 Å². The minimum atomic E-state index is -0.357. The first-order valence-electron chi connectivity index (χ1n) is 3.51. The van der Waals surface area contributed by atoms with Crippen LogP contribution >= 0.6 is 0 Å². The van der Waals surface area contributed by atoms with Crippen molar-refractivity contribution < 1.29 is 5.11 Å². The van der Waals surface area contributed by atoms with Gasteiger partial charge in [-0.1, -0.05) is 0 Å². The Morgan fingerprint density at radius 2 is 2.08 bits per heavy atom. The Labute approximate surface area is 69.0 Å². The number of aliphatic hydroxyl groups excluding tert-OH is 1. The Hall–Kier alpha value is -1.43. The molecule has 0 bridgehead atoms. The van der Waals surface area contributed by atoms with Crippen LogP contribution in [0.4, 0.5) is 11.5 Å². The van der Waals surface area contributed by atoms with Crippen molar-refractivity contribution in [1.29, 1.82) is 0 Å². The van der Waals surface area contributed by atoms with E-state index in [4.69, 9.17) is 16.6 Å². The first-order chi connectivity index (χ1) is 5.59. The zero-order valence-corrected chi connectivity index (χ0v) is 6.82. The van der Waals surface area contributed by atoms with Crippen LogP contribution in [0.3, 0.4) is 0 Å². The summed E-state index contributed by atoms with van der Waals surface area (Å²) in [6.45, 7) is 0.0906. The molecular formula is C6H12N4O2. The molecule has 1 rings (SSSR count). The Morgan fingerprint density at radius 1 is 1.50 bits per heavy atom. The summed E-state index contributed by atoms with van der Waals surface area (Å²) in [5.41, 5.74) is 10.5. The molecular weight excluding hydrogens is 160 g/mol. The van der Waals surface area contributed by atoms with Gasteiger partial charge in [0.2, 0.25) is 0 Å². The zero-order valence-electron chi connectivity index (χ0n) is 6.82. The Balaban J connectivity index is 3.28. The third-order valence-corrected chi connectivity index (χ3v) is 1.76. The highest BCUT2D eigenvalue weighted by molar-refractivity contribution is 5.57. The van der Waals surface area contributed by atoms with E-state index in [1.165, 1.54) is 9.36 Å². The molecule has 0 spiro atoms. The maximum absolute atomic E-state index is 11.2. The molecule has 1 heterocycles. The van der Waals surface area contributed by atoms with Gasteiger partial charge in [0.15, 0.2) is 0 Å². The SMILES string of the molecule is Cn1c(N)c(N)c(=O)n1CCO. The maximum Gasteiger partial charge on any atom is 0.292 e. The van der Waals surface area contributed by atoms with Crippen LogP contribution in [-0.2, 0) is 13.6 Å². The van der Waals surface area contributed by atoms with Crippen LogP contribution < -0.4 is 17.0 Å². The molecule has 0 unspecified atom stereocenters. The highest BCUT2D eigenvalue weighted by Crippen LogP contribution is 2.07. The van der Waals surface area contributed by atoms with Gasteiger partial charge in [-0.25, -0.2) is 4.68 Å². The number of rotatable bonds is 2. The molecule has 0 aliphatic rings. The lowest BCUT2D eigenvalue weighted by Gasteiger charge is -2.04. The van der Waals surface area contributed by atoms with Gasteiger partial charge in [0, 0.05) is 7.05 Å². The largest absolute Gasteiger partial charge is 0.394 e. The lowest BCUT2D eigenvalue weighted by molar-refractivity contribution is 0.259. The van der Waals surface area contributed by atoms with Gasteiger partial charge in [-0.15, -0.1) is 0 Å². The minimum Gasteiger partial charge on any atom is -0.394 e. The van der Waals surface area contributed by atoms with Gasteiger partial charge in [-0.2, -0.15) is 0 Å². The minimum absolute atomic E-state index is 0.0333. The number of hydrogen-bond donors (Lipinski definition) is 3. The van der Waals surface area contributed by atoms with Crippen molar-refractivity contribution in [3.8, 4) is 0 Å². The van der Waals surface area contributed by atoms with E-state index in [9.17, 15) is 4.79 Å². The molecule has 6 nitrogen and oxygen atoms in total. The van der Waals surface area contributed by atoms with Gasteiger partial charge in [-0.05, 0) is 0 Å². The van der Waals surface area contributed by atoms with E-state index >= 15 is 0 Å². The highest BCUT2D eigenvalue weighted by atomic mass is 16.3. The molecule has 12 heavy (non-hydrogen) atoms. The van der Waals surface area contributed by atoms with Crippen LogP contribution in [0.15, 0.2) is 4.79 Å². The number of aliphatic hydroxyl groups is 1. The number of nitrogens with two attached hydrogens (primary N) is 2. The Kier molecular flexibility index (Phi) is 2.09. The second-order valence-electron chi connectivity index (χ2n) is 2.47. The smallest absolute Gasteiger partial charge is 0.292 e. The normalized spacial score (nSPS) is 10.5. The highest BCUT2D eigenvalue weighted by Gasteiger charge is 2.10. The van der Waals surface area contributed by atoms with Gasteiger partial charge in [0.05, 0.1) is 13.2 Å². The molecule has 0 saturated carbocycles. The predicted octanol–water partition coefficient (Wildman–Crippen LogP) is -1.66. The maximum atomic E-state index is 11.2. The predicted molar refractivity (Wildman–Crippen MR) is 45.6 cm³/mol. The van der Waals surface area contributed by atoms with E-state index in [1.807, 2.05) is 0 Å². The van der Waals surface area contributed by atoms with Gasteiger partial charge < -0.3 is 16.6 Å². The lowest BCUT2D eigenvalue weighted by Crippen LogP contribution is -2.24. The van der Waals surface area contributed by atoms with Crippen molar-refractivity contribution in [3.05, 3.63) is 10.4 Å². The molecule has 0 atom stereocenters.